The van der Waals surface area contributed by atoms with Crippen molar-refractivity contribution in [3.05, 3.63) is 23.8 Å². The van der Waals surface area contributed by atoms with Crippen LogP contribution in [-0.4, -0.2) is 42.3 Å². The fourth-order valence-corrected chi connectivity index (χ4v) is 1.92. The second-order valence-electron chi connectivity index (χ2n) is 4.96. The number of carbonyl (C=O) groups is 1. The Balaban J connectivity index is 2.98. The Labute approximate surface area is 126 Å². The average molecular weight is 295 g/mol. The second-order valence-corrected chi connectivity index (χ2v) is 4.96. The first-order valence-electron chi connectivity index (χ1n) is 7.31. The van der Waals surface area contributed by atoms with Crippen molar-refractivity contribution in [2.24, 2.45) is 0 Å². The summed E-state index contributed by atoms with van der Waals surface area (Å²) in [5.41, 5.74) is 0.935. The lowest BCUT2D eigenvalue weighted by Gasteiger charge is -2.23. The van der Waals surface area contributed by atoms with Crippen LogP contribution in [0.5, 0.6) is 11.5 Å². The van der Waals surface area contributed by atoms with Crippen LogP contribution in [0.2, 0.25) is 0 Å². The molecule has 0 bridgehead atoms. The first-order chi connectivity index (χ1) is 10.0. The summed E-state index contributed by atoms with van der Waals surface area (Å²) in [4.78, 5) is 12.8. The number of ether oxygens (including phenoxy) is 2. The molecule has 1 rings (SSSR count). The number of hydrogen-bond acceptors (Lipinski definition) is 4. The third kappa shape index (κ3) is 4.93. The molecule has 0 aliphatic heterocycles. The van der Waals surface area contributed by atoms with E-state index in [-0.39, 0.29) is 0 Å². The lowest BCUT2D eigenvalue weighted by Crippen LogP contribution is -2.35. The van der Waals surface area contributed by atoms with Crippen LogP contribution in [0.3, 0.4) is 0 Å². The molecule has 0 aromatic heterocycles. The van der Waals surface area contributed by atoms with E-state index in [2.05, 4.69) is 0 Å². The number of likely N-dealkylation sites (N-methyl/N-ethyl adjacent to an activating group) is 1. The van der Waals surface area contributed by atoms with Gasteiger partial charge in [-0.1, -0.05) is 19.1 Å². The van der Waals surface area contributed by atoms with Crippen molar-refractivity contribution in [1.82, 2.24) is 4.90 Å². The van der Waals surface area contributed by atoms with E-state index >= 15 is 0 Å². The molecule has 1 aromatic rings. The van der Waals surface area contributed by atoms with Gasteiger partial charge in [0.1, 0.15) is 6.04 Å². The van der Waals surface area contributed by atoms with Crippen molar-refractivity contribution >= 4 is 5.97 Å². The average Bonchev–Trinajstić information content (AvgIpc) is 2.46. The number of carboxylic acid groups (broad SMARTS) is 1. The maximum absolute atomic E-state index is 11.1. The van der Waals surface area contributed by atoms with Crippen molar-refractivity contribution in [3.8, 4) is 11.5 Å². The van der Waals surface area contributed by atoms with Gasteiger partial charge in [0.05, 0.1) is 13.2 Å². The van der Waals surface area contributed by atoms with E-state index in [1.165, 1.54) is 0 Å². The summed E-state index contributed by atoms with van der Waals surface area (Å²) >= 11 is 0. The smallest absolute Gasteiger partial charge is 0.320 e. The van der Waals surface area contributed by atoms with Crippen LogP contribution in [-0.2, 0) is 11.3 Å². The molecular formula is C16H25NO4. The lowest BCUT2D eigenvalue weighted by atomic mass is 10.1. The normalized spacial score (nSPS) is 12.2. The highest BCUT2D eigenvalue weighted by atomic mass is 16.5. The predicted octanol–water partition coefficient (Wildman–Crippen LogP) is 2.78. The molecule has 0 radical (unpaired) electrons. The van der Waals surface area contributed by atoms with Crippen LogP contribution in [0.4, 0.5) is 0 Å². The number of para-hydroxylation sites is 1. The third-order valence-corrected chi connectivity index (χ3v) is 3.25. The Morgan fingerprint density at radius 3 is 2.62 bits per heavy atom. The van der Waals surface area contributed by atoms with Crippen LogP contribution in [0.25, 0.3) is 0 Å². The highest BCUT2D eigenvalue weighted by Crippen LogP contribution is 2.32. The van der Waals surface area contributed by atoms with Gasteiger partial charge in [-0.25, -0.2) is 0 Å². The molecule has 118 valence electrons. The van der Waals surface area contributed by atoms with E-state index in [4.69, 9.17) is 14.6 Å². The van der Waals surface area contributed by atoms with Crippen LogP contribution in [0.1, 0.15) is 32.8 Å². The molecule has 0 saturated heterocycles. The molecule has 5 heteroatoms. The second kappa shape index (κ2) is 8.52. The quantitative estimate of drug-likeness (QED) is 0.759. The molecule has 21 heavy (non-hydrogen) atoms. The summed E-state index contributed by atoms with van der Waals surface area (Å²) in [7, 11) is 1.79. The van der Waals surface area contributed by atoms with Crippen LogP contribution in [0, 0.1) is 0 Å². The fourth-order valence-electron chi connectivity index (χ4n) is 1.92. The highest BCUT2D eigenvalue weighted by Gasteiger charge is 2.19. The molecule has 0 heterocycles. The minimum atomic E-state index is -0.838. The predicted molar refractivity (Wildman–Crippen MR) is 82.0 cm³/mol. The maximum atomic E-state index is 11.1. The van der Waals surface area contributed by atoms with E-state index in [1.54, 1.807) is 18.9 Å². The number of hydrogen-bond donors (Lipinski definition) is 1. The summed E-state index contributed by atoms with van der Waals surface area (Å²) in [6.07, 6.45) is 0.904. The first kappa shape index (κ1) is 17.3. The Bertz CT molecular complexity index is 462. The van der Waals surface area contributed by atoms with E-state index in [1.807, 2.05) is 32.0 Å². The van der Waals surface area contributed by atoms with Gasteiger partial charge in [-0.3, -0.25) is 9.69 Å². The van der Waals surface area contributed by atoms with Crippen molar-refractivity contribution < 1.29 is 19.4 Å². The Morgan fingerprint density at radius 1 is 1.33 bits per heavy atom. The van der Waals surface area contributed by atoms with Crippen molar-refractivity contribution in [1.29, 1.82) is 0 Å². The number of carboxylic acids is 1. The molecule has 0 aliphatic carbocycles. The molecule has 1 atom stereocenters. The van der Waals surface area contributed by atoms with Crippen molar-refractivity contribution in [2.45, 2.75) is 39.8 Å². The van der Waals surface area contributed by atoms with Gasteiger partial charge in [0.25, 0.3) is 0 Å². The largest absolute Gasteiger partial charge is 0.490 e. The van der Waals surface area contributed by atoms with E-state index in [9.17, 15) is 4.79 Å². The Hall–Kier alpha value is -1.75. The highest BCUT2D eigenvalue weighted by molar-refractivity contribution is 5.72. The fraction of sp³-hybridized carbons (Fsp3) is 0.562. The topological polar surface area (TPSA) is 59.0 Å². The van der Waals surface area contributed by atoms with Gasteiger partial charge in [0.2, 0.25) is 0 Å². The summed E-state index contributed by atoms with van der Waals surface area (Å²) in [5.74, 6) is 0.583. The zero-order chi connectivity index (χ0) is 15.8. The number of benzene rings is 1. The van der Waals surface area contributed by atoms with E-state index < -0.39 is 12.0 Å². The molecular weight excluding hydrogens is 270 g/mol. The number of nitrogens with zero attached hydrogens (tertiary/aromatic N) is 1. The summed E-state index contributed by atoms with van der Waals surface area (Å²) in [6.45, 7) is 7.30. The molecule has 1 N–H and O–H groups in total. The summed E-state index contributed by atoms with van der Waals surface area (Å²) < 4.78 is 11.4. The summed E-state index contributed by atoms with van der Waals surface area (Å²) in [6, 6.07) is 5.16. The molecule has 5 nitrogen and oxygen atoms in total. The molecule has 0 saturated carbocycles. The molecule has 0 fully saturated rings. The van der Waals surface area contributed by atoms with Gasteiger partial charge < -0.3 is 14.6 Å². The molecule has 0 amide bonds. The lowest BCUT2D eigenvalue weighted by molar-refractivity contribution is -0.142. The standard InChI is InChI=1S/C16H25NO4/c1-5-10-21-15-13(8-7-9-14(15)20-6-2)11-17(4)12(3)16(18)19/h7-9,12H,5-6,10-11H2,1-4H3,(H,18,19). The Kier molecular flexibility index (Phi) is 7.02. The molecule has 0 spiro atoms. The van der Waals surface area contributed by atoms with Crippen molar-refractivity contribution in [2.75, 3.05) is 20.3 Å². The molecule has 1 unspecified atom stereocenters. The number of aliphatic carboxylic acids is 1. The first-order valence-corrected chi connectivity index (χ1v) is 7.31. The van der Waals surface area contributed by atoms with E-state index in [0.717, 1.165) is 12.0 Å². The van der Waals surface area contributed by atoms with Crippen LogP contribution in [0.15, 0.2) is 18.2 Å². The Morgan fingerprint density at radius 2 is 2.05 bits per heavy atom. The van der Waals surface area contributed by atoms with Gasteiger partial charge in [0.15, 0.2) is 11.5 Å². The van der Waals surface area contributed by atoms with Gasteiger partial charge in [-0.05, 0) is 33.4 Å². The van der Waals surface area contributed by atoms with E-state index in [0.29, 0.717) is 31.3 Å². The minimum absolute atomic E-state index is 0.493. The SMILES string of the molecule is CCCOc1c(CN(C)C(C)C(=O)O)cccc1OCC. The van der Waals surface area contributed by atoms with Gasteiger partial charge in [-0.15, -0.1) is 0 Å². The van der Waals surface area contributed by atoms with Gasteiger partial charge in [-0.2, -0.15) is 0 Å². The summed E-state index contributed by atoms with van der Waals surface area (Å²) in [5, 5.41) is 9.08. The zero-order valence-electron chi connectivity index (χ0n) is 13.3. The van der Waals surface area contributed by atoms with Crippen LogP contribution < -0.4 is 9.47 Å². The zero-order valence-corrected chi connectivity index (χ0v) is 13.3. The maximum Gasteiger partial charge on any atom is 0.320 e. The van der Waals surface area contributed by atoms with Crippen LogP contribution >= 0.6 is 0 Å². The molecule has 1 aromatic carbocycles. The molecule has 0 aliphatic rings. The van der Waals surface area contributed by atoms with Gasteiger partial charge in [0, 0.05) is 12.1 Å². The minimum Gasteiger partial charge on any atom is -0.490 e. The number of rotatable bonds is 9. The third-order valence-electron chi connectivity index (χ3n) is 3.25. The van der Waals surface area contributed by atoms with Gasteiger partial charge >= 0.3 is 5.97 Å². The monoisotopic (exact) mass is 295 g/mol. The van der Waals surface area contributed by atoms with Crippen molar-refractivity contribution in [3.63, 3.8) is 0 Å².